The second kappa shape index (κ2) is 7.24. The van der Waals surface area contributed by atoms with Crippen molar-refractivity contribution < 1.29 is 4.42 Å². The summed E-state index contributed by atoms with van der Waals surface area (Å²) in [4.78, 5) is 0. The average Bonchev–Trinajstić information content (AvgIpc) is 3.04. The Balaban J connectivity index is 1.58. The van der Waals surface area contributed by atoms with Crippen molar-refractivity contribution in [3.8, 4) is 0 Å². The fraction of sp³-hybridized carbons (Fsp3) is 0.176. The molecule has 112 valence electrons. The number of hydrogen-bond donors (Lipinski definition) is 1. The van der Waals surface area contributed by atoms with Crippen LogP contribution in [0.1, 0.15) is 23.1 Å². The SMILES string of the molecule is N[C@H](Cc1ccccc1)c1nnc(SCc2ccccc2)o1. The third kappa shape index (κ3) is 3.96. The van der Waals surface area contributed by atoms with Gasteiger partial charge in [0, 0.05) is 5.75 Å². The van der Waals surface area contributed by atoms with Gasteiger partial charge < -0.3 is 10.2 Å². The van der Waals surface area contributed by atoms with Crippen LogP contribution in [0.2, 0.25) is 0 Å². The van der Waals surface area contributed by atoms with Gasteiger partial charge in [0.2, 0.25) is 5.89 Å². The number of aromatic nitrogens is 2. The summed E-state index contributed by atoms with van der Waals surface area (Å²) in [5, 5.41) is 8.68. The van der Waals surface area contributed by atoms with E-state index in [0.29, 0.717) is 17.5 Å². The first kappa shape index (κ1) is 14.8. The number of nitrogens with zero attached hydrogens (tertiary/aromatic N) is 2. The minimum atomic E-state index is -0.277. The van der Waals surface area contributed by atoms with E-state index in [1.165, 1.54) is 17.3 Å². The van der Waals surface area contributed by atoms with Crippen LogP contribution < -0.4 is 5.73 Å². The minimum Gasteiger partial charge on any atom is -0.414 e. The lowest BCUT2D eigenvalue weighted by atomic mass is 10.1. The Hall–Kier alpha value is -2.11. The second-order valence-electron chi connectivity index (χ2n) is 4.98. The Morgan fingerprint density at radius 3 is 2.23 bits per heavy atom. The fourth-order valence-corrected chi connectivity index (χ4v) is 2.83. The lowest BCUT2D eigenvalue weighted by molar-refractivity contribution is 0.385. The van der Waals surface area contributed by atoms with E-state index in [1.807, 2.05) is 48.5 Å². The van der Waals surface area contributed by atoms with Crippen LogP contribution in [0.25, 0.3) is 0 Å². The molecule has 0 saturated carbocycles. The molecule has 0 unspecified atom stereocenters. The van der Waals surface area contributed by atoms with Gasteiger partial charge in [0.1, 0.15) is 0 Å². The molecule has 22 heavy (non-hydrogen) atoms. The number of rotatable bonds is 6. The van der Waals surface area contributed by atoms with Gasteiger partial charge in [-0.1, -0.05) is 72.4 Å². The molecule has 0 radical (unpaired) electrons. The smallest absolute Gasteiger partial charge is 0.276 e. The third-order valence-electron chi connectivity index (χ3n) is 3.24. The highest BCUT2D eigenvalue weighted by Gasteiger charge is 2.15. The van der Waals surface area contributed by atoms with E-state index < -0.39 is 0 Å². The molecule has 0 saturated heterocycles. The van der Waals surface area contributed by atoms with Crippen molar-refractivity contribution in [1.82, 2.24) is 10.2 Å². The molecule has 2 N–H and O–H groups in total. The zero-order valence-electron chi connectivity index (χ0n) is 12.1. The van der Waals surface area contributed by atoms with Crippen molar-refractivity contribution in [2.75, 3.05) is 0 Å². The zero-order chi connectivity index (χ0) is 15.2. The lowest BCUT2D eigenvalue weighted by Crippen LogP contribution is -2.13. The highest BCUT2D eigenvalue weighted by Crippen LogP contribution is 2.23. The topological polar surface area (TPSA) is 64.9 Å². The Morgan fingerprint density at radius 2 is 1.55 bits per heavy atom. The van der Waals surface area contributed by atoms with Crippen molar-refractivity contribution in [2.24, 2.45) is 5.73 Å². The maximum atomic E-state index is 6.14. The molecular weight excluding hydrogens is 294 g/mol. The number of benzene rings is 2. The van der Waals surface area contributed by atoms with Crippen LogP contribution in [-0.4, -0.2) is 10.2 Å². The predicted octanol–water partition coefficient (Wildman–Crippen LogP) is 3.60. The quantitative estimate of drug-likeness (QED) is 0.705. The van der Waals surface area contributed by atoms with Crippen LogP contribution in [0.3, 0.4) is 0 Å². The molecule has 0 bridgehead atoms. The molecule has 1 heterocycles. The van der Waals surface area contributed by atoms with Crippen molar-refractivity contribution in [3.63, 3.8) is 0 Å². The Morgan fingerprint density at radius 1 is 0.909 bits per heavy atom. The minimum absolute atomic E-state index is 0.277. The van der Waals surface area contributed by atoms with Crippen LogP contribution in [0.15, 0.2) is 70.3 Å². The molecule has 2 aromatic carbocycles. The third-order valence-corrected chi connectivity index (χ3v) is 4.13. The summed E-state index contributed by atoms with van der Waals surface area (Å²) in [6.07, 6.45) is 0.686. The molecule has 3 rings (SSSR count). The average molecular weight is 311 g/mol. The van der Waals surface area contributed by atoms with E-state index >= 15 is 0 Å². The van der Waals surface area contributed by atoms with E-state index in [9.17, 15) is 0 Å². The van der Waals surface area contributed by atoms with Gasteiger partial charge in [-0.3, -0.25) is 0 Å². The normalized spacial score (nSPS) is 12.2. The summed E-state index contributed by atoms with van der Waals surface area (Å²) in [6.45, 7) is 0. The number of nitrogens with two attached hydrogens (primary N) is 1. The van der Waals surface area contributed by atoms with Gasteiger partial charge in [0.15, 0.2) is 0 Å². The summed E-state index contributed by atoms with van der Waals surface area (Å²) < 4.78 is 5.66. The van der Waals surface area contributed by atoms with Crippen LogP contribution in [-0.2, 0) is 12.2 Å². The van der Waals surface area contributed by atoms with Crippen LogP contribution >= 0.6 is 11.8 Å². The van der Waals surface area contributed by atoms with E-state index in [-0.39, 0.29) is 6.04 Å². The van der Waals surface area contributed by atoms with Gasteiger partial charge in [-0.25, -0.2) is 0 Å². The molecule has 0 aliphatic carbocycles. The predicted molar refractivity (Wildman–Crippen MR) is 87.4 cm³/mol. The molecule has 0 aliphatic rings. The van der Waals surface area contributed by atoms with Gasteiger partial charge >= 0.3 is 0 Å². The van der Waals surface area contributed by atoms with Gasteiger partial charge in [-0.05, 0) is 17.5 Å². The van der Waals surface area contributed by atoms with Crippen molar-refractivity contribution >= 4 is 11.8 Å². The zero-order valence-corrected chi connectivity index (χ0v) is 12.9. The molecule has 0 amide bonds. The molecule has 0 fully saturated rings. The van der Waals surface area contributed by atoms with Gasteiger partial charge in [-0.15, -0.1) is 10.2 Å². The molecule has 4 nitrogen and oxygen atoms in total. The second-order valence-corrected chi connectivity index (χ2v) is 5.90. The molecule has 1 atom stereocenters. The first-order valence-corrected chi connectivity index (χ1v) is 8.09. The maximum Gasteiger partial charge on any atom is 0.276 e. The Kier molecular flexibility index (Phi) is 4.88. The standard InChI is InChI=1S/C17H17N3OS/c18-15(11-13-7-3-1-4-8-13)16-19-20-17(21-16)22-12-14-9-5-2-6-10-14/h1-10,15H,11-12,18H2/t15-/m1/s1. The highest BCUT2D eigenvalue weighted by atomic mass is 32.2. The van der Waals surface area contributed by atoms with Crippen LogP contribution in [0.5, 0.6) is 0 Å². The fourth-order valence-electron chi connectivity index (χ4n) is 2.10. The molecule has 1 aromatic heterocycles. The first-order chi connectivity index (χ1) is 10.8. The maximum absolute atomic E-state index is 6.14. The highest BCUT2D eigenvalue weighted by molar-refractivity contribution is 7.98. The summed E-state index contributed by atoms with van der Waals surface area (Å²) in [5.74, 6) is 1.29. The van der Waals surface area contributed by atoms with Crippen molar-refractivity contribution in [3.05, 3.63) is 77.7 Å². The van der Waals surface area contributed by atoms with Gasteiger partial charge in [0.05, 0.1) is 6.04 Å². The van der Waals surface area contributed by atoms with Crippen LogP contribution in [0, 0.1) is 0 Å². The summed E-state index contributed by atoms with van der Waals surface area (Å²) in [5.41, 5.74) is 8.52. The summed E-state index contributed by atoms with van der Waals surface area (Å²) in [7, 11) is 0. The van der Waals surface area contributed by atoms with E-state index in [0.717, 1.165) is 11.3 Å². The summed E-state index contributed by atoms with van der Waals surface area (Å²) in [6, 6.07) is 20.0. The van der Waals surface area contributed by atoms with E-state index in [4.69, 9.17) is 10.2 Å². The van der Waals surface area contributed by atoms with Crippen molar-refractivity contribution in [2.45, 2.75) is 23.4 Å². The molecule has 0 aliphatic heterocycles. The number of hydrogen-bond acceptors (Lipinski definition) is 5. The Bertz CT molecular complexity index is 700. The van der Waals surface area contributed by atoms with Gasteiger partial charge in [0.25, 0.3) is 5.22 Å². The van der Waals surface area contributed by atoms with Crippen molar-refractivity contribution in [1.29, 1.82) is 0 Å². The monoisotopic (exact) mass is 311 g/mol. The summed E-state index contributed by atoms with van der Waals surface area (Å²) >= 11 is 1.52. The van der Waals surface area contributed by atoms with Crippen LogP contribution in [0.4, 0.5) is 0 Å². The Labute approximate surface area is 133 Å². The van der Waals surface area contributed by atoms with E-state index in [1.54, 1.807) is 0 Å². The van der Waals surface area contributed by atoms with E-state index in [2.05, 4.69) is 22.3 Å². The molecule has 3 aromatic rings. The molecular formula is C17H17N3OS. The lowest BCUT2D eigenvalue weighted by Gasteiger charge is -2.06. The molecule has 5 heteroatoms. The molecule has 0 spiro atoms. The van der Waals surface area contributed by atoms with Gasteiger partial charge in [-0.2, -0.15) is 0 Å². The first-order valence-electron chi connectivity index (χ1n) is 7.11. The largest absolute Gasteiger partial charge is 0.414 e. The number of thioether (sulfide) groups is 1.